The summed E-state index contributed by atoms with van der Waals surface area (Å²) in [6, 6.07) is 13.4. The van der Waals surface area contributed by atoms with Crippen molar-refractivity contribution >= 4 is 17.3 Å². The summed E-state index contributed by atoms with van der Waals surface area (Å²) in [6.07, 6.45) is 0.574. The van der Waals surface area contributed by atoms with Crippen molar-refractivity contribution in [2.45, 2.75) is 39.3 Å². The molecule has 1 amide bonds. The van der Waals surface area contributed by atoms with Gasteiger partial charge in [-0.05, 0) is 54.7 Å². The fraction of sp³-hybridized carbons (Fsp3) is 0.364. The second-order valence-electron chi connectivity index (χ2n) is 7.88. The van der Waals surface area contributed by atoms with E-state index in [-0.39, 0.29) is 17.6 Å². The van der Waals surface area contributed by atoms with Gasteiger partial charge in [0, 0.05) is 18.2 Å². The van der Waals surface area contributed by atoms with Gasteiger partial charge in [-0.15, -0.1) is 0 Å². The Balaban J connectivity index is 1.53. The highest BCUT2D eigenvalue weighted by atomic mass is 16.6. The average Bonchev–Trinajstić information content (AvgIpc) is 3.26. The second kappa shape index (κ2) is 10.1. The summed E-state index contributed by atoms with van der Waals surface area (Å²) >= 11 is 0. The Morgan fingerprint density at radius 1 is 1.19 bits per heavy atom. The van der Waals surface area contributed by atoms with Gasteiger partial charge < -0.3 is 4.74 Å². The second-order valence-corrected chi connectivity index (χ2v) is 7.88. The number of rotatable bonds is 8. The molecule has 9 heteroatoms. The lowest BCUT2D eigenvalue weighted by molar-refractivity contribution is -0.384. The summed E-state index contributed by atoms with van der Waals surface area (Å²) in [7, 11) is 0. The molecule has 1 aliphatic rings. The summed E-state index contributed by atoms with van der Waals surface area (Å²) in [4.78, 5) is 22.8. The third kappa shape index (κ3) is 6.09. The van der Waals surface area contributed by atoms with Crippen LogP contribution in [-0.2, 0) is 4.79 Å². The lowest BCUT2D eigenvalue weighted by Crippen LogP contribution is -2.41. The third-order valence-corrected chi connectivity index (χ3v) is 4.92. The molecule has 9 nitrogen and oxygen atoms in total. The van der Waals surface area contributed by atoms with Crippen LogP contribution in [0.3, 0.4) is 0 Å². The predicted octanol–water partition coefficient (Wildman–Crippen LogP) is 3.08. The Kier molecular flexibility index (Phi) is 7.32. The van der Waals surface area contributed by atoms with Crippen molar-refractivity contribution in [2.75, 3.05) is 6.61 Å². The number of hydrogen-bond donors (Lipinski definition) is 3. The lowest BCUT2D eigenvalue weighted by Gasteiger charge is -2.12. The number of nitro benzene ring substituents is 1. The van der Waals surface area contributed by atoms with E-state index in [2.05, 4.69) is 35.2 Å². The van der Waals surface area contributed by atoms with E-state index >= 15 is 0 Å². The summed E-state index contributed by atoms with van der Waals surface area (Å²) in [6.45, 7) is 6.61. The molecule has 31 heavy (non-hydrogen) atoms. The molecule has 2 aromatic rings. The van der Waals surface area contributed by atoms with Crippen LogP contribution in [0.15, 0.2) is 53.6 Å². The molecule has 1 aliphatic heterocycles. The SMILES string of the molecule is C/C(=N\NC(=O)C1CC(c2ccc(OCC(C)C)cc2)NN1)c1ccc([N+](=O)[O-])cc1. The molecular formula is C22H27N5O4. The van der Waals surface area contributed by atoms with Gasteiger partial charge in [-0.25, -0.2) is 16.3 Å². The molecule has 1 fully saturated rings. The van der Waals surface area contributed by atoms with Gasteiger partial charge in [-0.3, -0.25) is 14.9 Å². The van der Waals surface area contributed by atoms with Crippen molar-refractivity contribution in [3.63, 3.8) is 0 Å². The minimum atomic E-state index is -0.459. The average molecular weight is 425 g/mol. The number of carbonyl (C=O) groups excluding carboxylic acids is 1. The molecule has 0 aliphatic carbocycles. The number of benzene rings is 2. The van der Waals surface area contributed by atoms with E-state index < -0.39 is 11.0 Å². The molecule has 0 spiro atoms. The highest BCUT2D eigenvalue weighted by molar-refractivity contribution is 5.99. The molecule has 0 saturated carbocycles. The molecule has 2 aromatic carbocycles. The number of non-ortho nitro benzene ring substituents is 1. The minimum Gasteiger partial charge on any atom is -0.493 e. The Bertz CT molecular complexity index is 941. The number of hydrogen-bond acceptors (Lipinski definition) is 7. The number of ether oxygens (including phenoxy) is 1. The number of hydrazine groups is 1. The zero-order chi connectivity index (χ0) is 22.4. The molecule has 1 heterocycles. The number of nitrogens with one attached hydrogen (secondary N) is 3. The van der Waals surface area contributed by atoms with E-state index in [1.54, 1.807) is 19.1 Å². The van der Waals surface area contributed by atoms with Crippen LogP contribution < -0.4 is 21.0 Å². The molecule has 0 aromatic heterocycles. The largest absolute Gasteiger partial charge is 0.493 e. The van der Waals surface area contributed by atoms with Gasteiger partial charge in [0.15, 0.2) is 0 Å². The van der Waals surface area contributed by atoms with E-state index in [9.17, 15) is 14.9 Å². The maximum Gasteiger partial charge on any atom is 0.269 e. The van der Waals surface area contributed by atoms with Gasteiger partial charge in [0.05, 0.1) is 17.2 Å². The van der Waals surface area contributed by atoms with E-state index in [1.165, 1.54) is 12.1 Å². The maximum absolute atomic E-state index is 12.5. The Hall–Kier alpha value is -3.30. The molecule has 164 valence electrons. The van der Waals surface area contributed by atoms with Crippen molar-refractivity contribution < 1.29 is 14.5 Å². The van der Waals surface area contributed by atoms with Gasteiger partial charge in [0.2, 0.25) is 0 Å². The summed E-state index contributed by atoms with van der Waals surface area (Å²) in [5.74, 6) is 1.04. The van der Waals surface area contributed by atoms with Gasteiger partial charge in [-0.1, -0.05) is 26.0 Å². The number of carbonyl (C=O) groups is 1. The van der Waals surface area contributed by atoms with Crippen LogP contribution in [-0.4, -0.2) is 29.2 Å². The fourth-order valence-electron chi connectivity index (χ4n) is 3.11. The van der Waals surface area contributed by atoms with Crippen molar-refractivity contribution in [2.24, 2.45) is 11.0 Å². The number of hydrazone groups is 1. The van der Waals surface area contributed by atoms with Crippen molar-refractivity contribution in [1.29, 1.82) is 0 Å². The van der Waals surface area contributed by atoms with Gasteiger partial charge in [-0.2, -0.15) is 5.10 Å². The molecule has 2 unspecified atom stereocenters. The molecular weight excluding hydrogens is 398 g/mol. The zero-order valence-electron chi connectivity index (χ0n) is 17.8. The Labute approximate surface area is 181 Å². The van der Waals surface area contributed by atoms with E-state index in [4.69, 9.17) is 4.74 Å². The Morgan fingerprint density at radius 2 is 1.87 bits per heavy atom. The highest BCUT2D eigenvalue weighted by Gasteiger charge is 2.30. The summed E-state index contributed by atoms with van der Waals surface area (Å²) in [5.41, 5.74) is 11.0. The third-order valence-electron chi connectivity index (χ3n) is 4.92. The van der Waals surface area contributed by atoms with Crippen LogP contribution in [0.5, 0.6) is 5.75 Å². The van der Waals surface area contributed by atoms with Crippen molar-refractivity contribution in [1.82, 2.24) is 16.3 Å². The quantitative estimate of drug-likeness (QED) is 0.340. The Morgan fingerprint density at radius 3 is 2.48 bits per heavy atom. The standard InChI is InChI=1S/C22H27N5O4/c1-14(2)13-31-19-10-6-17(7-11-19)20-12-21(25-24-20)22(28)26-23-15(3)16-4-8-18(9-5-16)27(29)30/h4-11,14,20-21,24-25H,12-13H2,1-3H3,(H,26,28)/b23-15+. The number of nitro groups is 1. The van der Waals surface area contributed by atoms with E-state index in [0.717, 1.165) is 11.3 Å². The molecule has 0 radical (unpaired) electrons. The number of amides is 1. The van der Waals surface area contributed by atoms with Crippen molar-refractivity contribution in [3.8, 4) is 5.75 Å². The fourth-order valence-corrected chi connectivity index (χ4v) is 3.11. The van der Waals surface area contributed by atoms with Crippen LogP contribution in [0.4, 0.5) is 5.69 Å². The molecule has 3 N–H and O–H groups in total. The maximum atomic E-state index is 12.5. The predicted molar refractivity (Wildman–Crippen MR) is 118 cm³/mol. The normalized spacial score (nSPS) is 18.8. The molecule has 0 bridgehead atoms. The van der Waals surface area contributed by atoms with Crippen LogP contribution in [0, 0.1) is 16.0 Å². The summed E-state index contributed by atoms with van der Waals surface area (Å²) in [5, 5.41) is 14.9. The number of nitrogens with zero attached hydrogens (tertiary/aromatic N) is 2. The highest BCUT2D eigenvalue weighted by Crippen LogP contribution is 2.24. The molecule has 1 saturated heterocycles. The minimum absolute atomic E-state index is 0.00496. The lowest BCUT2D eigenvalue weighted by atomic mass is 10.0. The first-order valence-electron chi connectivity index (χ1n) is 10.2. The smallest absolute Gasteiger partial charge is 0.269 e. The first-order chi connectivity index (χ1) is 14.8. The van der Waals surface area contributed by atoms with Gasteiger partial charge in [0.25, 0.3) is 11.6 Å². The van der Waals surface area contributed by atoms with E-state index in [0.29, 0.717) is 30.2 Å². The summed E-state index contributed by atoms with van der Waals surface area (Å²) < 4.78 is 5.71. The van der Waals surface area contributed by atoms with E-state index in [1.807, 2.05) is 24.3 Å². The monoisotopic (exact) mass is 425 g/mol. The van der Waals surface area contributed by atoms with Crippen LogP contribution >= 0.6 is 0 Å². The first-order valence-corrected chi connectivity index (χ1v) is 10.2. The van der Waals surface area contributed by atoms with Crippen molar-refractivity contribution in [3.05, 3.63) is 69.8 Å². The van der Waals surface area contributed by atoms with Crippen LogP contribution in [0.1, 0.15) is 44.4 Å². The van der Waals surface area contributed by atoms with Gasteiger partial charge >= 0.3 is 0 Å². The van der Waals surface area contributed by atoms with Crippen LogP contribution in [0.25, 0.3) is 0 Å². The van der Waals surface area contributed by atoms with Gasteiger partial charge in [0.1, 0.15) is 11.8 Å². The zero-order valence-corrected chi connectivity index (χ0v) is 17.8. The first kappa shape index (κ1) is 22.4. The molecule has 3 rings (SSSR count). The molecule has 2 atom stereocenters. The topological polar surface area (TPSA) is 118 Å². The van der Waals surface area contributed by atoms with Crippen LogP contribution in [0.2, 0.25) is 0 Å².